The van der Waals surface area contributed by atoms with Crippen LogP contribution in [0.2, 0.25) is 0 Å². The molecular weight excluding hydrogens is 339 g/mol. The number of halogens is 1. The number of aromatic nitrogens is 2. The summed E-state index contributed by atoms with van der Waals surface area (Å²) in [5, 5.41) is 12.2. The number of anilines is 2. The van der Waals surface area contributed by atoms with Gasteiger partial charge in [-0.05, 0) is 38.5 Å². The average Bonchev–Trinajstić information content (AvgIpc) is 2.87. The van der Waals surface area contributed by atoms with E-state index in [1.54, 1.807) is 24.4 Å². The molecule has 1 amide bonds. The zero-order chi connectivity index (χ0) is 18.9. The van der Waals surface area contributed by atoms with E-state index in [4.69, 9.17) is 9.84 Å². The highest BCUT2D eigenvalue weighted by Gasteiger charge is 2.41. The first-order valence-corrected chi connectivity index (χ1v) is 8.27. The SMILES string of the molecule is C[C@H](Nc1nccc(N2C(=O)OCC2(C)C)n1)c1ccc(CO)c(F)c1. The fraction of sp³-hybridized carbons (Fsp3) is 0.389. The Kier molecular flexibility index (Phi) is 4.78. The molecule has 8 heteroatoms. The number of benzene rings is 1. The summed E-state index contributed by atoms with van der Waals surface area (Å²) in [6, 6.07) is 6.01. The van der Waals surface area contributed by atoms with E-state index in [1.807, 2.05) is 20.8 Å². The van der Waals surface area contributed by atoms with Gasteiger partial charge in [0.2, 0.25) is 5.95 Å². The molecule has 2 heterocycles. The number of cyclic esters (lactones) is 1. The summed E-state index contributed by atoms with van der Waals surface area (Å²) in [7, 11) is 0. The van der Waals surface area contributed by atoms with Crippen LogP contribution in [-0.4, -0.2) is 33.3 Å². The van der Waals surface area contributed by atoms with Crippen LogP contribution in [0.25, 0.3) is 0 Å². The molecule has 0 unspecified atom stereocenters. The lowest BCUT2D eigenvalue weighted by molar-refractivity contribution is 0.175. The second-order valence-corrected chi connectivity index (χ2v) is 6.82. The number of ether oxygens (including phenoxy) is 1. The van der Waals surface area contributed by atoms with Gasteiger partial charge in [-0.3, -0.25) is 4.90 Å². The van der Waals surface area contributed by atoms with Crippen molar-refractivity contribution in [2.75, 3.05) is 16.8 Å². The summed E-state index contributed by atoms with van der Waals surface area (Å²) in [6.07, 6.45) is 1.10. The molecule has 1 saturated heterocycles. The van der Waals surface area contributed by atoms with Crippen LogP contribution in [0.15, 0.2) is 30.5 Å². The molecule has 2 N–H and O–H groups in total. The third kappa shape index (κ3) is 3.45. The third-order valence-electron chi connectivity index (χ3n) is 4.30. The highest BCUT2D eigenvalue weighted by Crippen LogP contribution is 2.29. The van der Waals surface area contributed by atoms with E-state index in [0.29, 0.717) is 17.3 Å². The summed E-state index contributed by atoms with van der Waals surface area (Å²) in [5.41, 5.74) is 0.431. The molecular formula is C18H21FN4O3. The molecule has 138 valence electrons. The van der Waals surface area contributed by atoms with E-state index in [0.717, 1.165) is 0 Å². The van der Waals surface area contributed by atoms with Gasteiger partial charge < -0.3 is 15.2 Å². The summed E-state index contributed by atoms with van der Waals surface area (Å²) >= 11 is 0. The number of amides is 1. The Hall–Kier alpha value is -2.74. The van der Waals surface area contributed by atoms with E-state index in [9.17, 15) is 9.18 Å². The maximum absolute atomic E-state index is 13.9. The van der Waals surface area contributed by atoms with Crippen LogP contribution in [0.3, 0.4) is 0 Å². The number of carbonyl (C=O) groups is 1. The summed E-state index contributed by atoms with van der Waals surface area (Å²) in [5.74, 6) is 0.288. The lowest BCUT2D eigenvalue weighted by atomic mass is 10.1. The molecule has 7 nitrogen and oxygen atoms in total. The number of hydrogen-bond donors (Lipinski definition) is 2. The van der Waals surface area contributed by atoms with Crippen molar-refractivity contribution in [2.24, 2.45) is 0 Å². The normalized spacial score (nSPS) is 17.1. The fourth-order valence-electron chi connectivity index (χ4n) is 2.80. The lowest BCUT2D eigenvalue weighted by Gasteiger charge is -2.27. The second-order valence-electron chi connectivity index (χ2n) is 6.82. The fourth-order valence-corrected chi connectivity index (χ4v) is 2.80. The minimum Gasteiger partial charge on any atom is -0.447 e. The Balaban J connectivity index is 1.80. The summed E-state index contributed by atoms with van der Waals surface area (Å²) < 4.78 is 19.0. The summed E-state index contributed by atoms with van der Waals surface area (Å²) in [4.78, 5) is 22.1. The van der Waals surface area contributed by atoms with Gasteiger partial charge in [0.1, 0.15) is 18.2 Å². The van der Waals surface area contributed by atoms with Crippen molar-refractivity contribution in [3.63, 3.8) is 0 Å². The Labute approximate surface area is 150 Å². The van der Waals surface area contributed by atoms with Crippen LogP contribution in [0, 0.1) is 5.82 Å². The van der Waals surface area contributed by atoms with Gasteiger partial charge in [-0.1, -0.05) is 12.1 Å². The monoisotopic (exact) mass is 360 g/mol. The first kappa shape index (κ1) is 18.1. The molecule has 1 aliphatic rings. The van der Waals surface area contributed by atoms with E-state index in [1.165, 1.54) is 11.0 Å². The molecule has 1 aliphatic heterocycles. The third-order valence-corrected chi connectivity index (χ3v) is 4.30. The van der Waals surface area contributed by atoms with Crippen LogP contribution in [0.4, 0.5) is 21.0 Å². The molecule has 0 saturated carbocycles. The minimum atomic E-state index is -0.502. The topological polar surface area (TPSA) is 87.6 Å². The Bertz CT molecular complexity index is 828. The van der Waals surface area contributed by atoms with Crippen LogP contribution in [0.1, 0.15) is 37.9 Å². The first-order chi connectivity index (χ1) is 12.3. The lowest BCUT2D eigenvalue weighted by Crippen LogP contribution is -2.42. The number of nitrogens with one attached hydrogen (secondary N) is 1. The zero-order valence-corrected chi connectivity index (χ0v) is 14.9. The van der Waals surface area contributed by atoms with Crippen molar-refractivity contribution in [3.8, 4) is 0 Å². The Morgan fingerprint density at radius 3 is 2.81 bits per heavy atom. The number of aliphatic hydroxyl groups excluding tert-OH is 1. The molecule has 1 atom stereocenters. The van der Waals surface area contributed by atoms with Gasteiger partial charge in [0.15, 0.2) is 0 Å². The molecule has 1 fully saturated rings. The van der Waals surface area contributed by atoms with Gasteiger partial charge in [0.25, 0.3) is 0 Å². The second kappa shape index (κ2) is 6.87. The van der Waals surface area contributed by atoms with Crippen molar-refractivity contribution in [3.05, 3.63) is 47.4 Å². The molecule has 3 rings (SSSR count). The van der Waals surface area contributed by atoms with Crippen molar-refractivity contribution in [2.45, 2.75) is 39.0 Å². The largest absolute Gasteiger partial charge is 0.447 e. The predicted molar refractivity (Wildman–Crippen MR) is 94.3 cm³/mol. The average molecular weight is 360 g/mol. The van der Waals surface area contributed by atoms with Crippen molar-refractivity contribution >= 4 is 17.9 Å². The van der Waals surface area contributed by atoms with Crippen LogP contribution in [-0.2, 0) is 11.3 Å². The highest BCUT2D eigenvalue weighted by atomic mass is 19.1. The van der Waals surface area contributed by atoms with Gasteiger partial charge in [-0.25, -0.2) is 14.2 Å². The quantitative estimate of drug-likeness (QED) is 0.852. The number of aliphatic hydroxyl groups is 1. The standard InChI is InChI=1S/C18H21FN4O3/c1-11(12-4-5-13(9-24)14(19)8-12)21-16-20-7-6-15(22-16)23-17(25)26-10-18(23,2)3/h4-8,11,24H,9-10H2,1-3H3,(H,20,21,22)/t11-/m0/s1. The van der Waals surface area contributed by atoms with E-state index < -0.39 is 17.4 Å². The molecule has 0 bridgehead atoms. The van der Waals surface area contributed by atoms with Crippen molar-refractivity contribution in [1.29, 1.82) is 0 Å². The molecule has 0 aliphatic carbocycles. The van der Waals surface area contributed by atoms with Gasteiger partial charge in [-0.15, -0.1) is 0 Å². The maximum atomic E-state index is 13.9. The first-order valence-electron chi connectivity index (χ1n) is 8.27. The number of rotatable bonds is 5. The molecule has 1 aromatic carbocycles. The van der Waals surface area contributed by atoms with Gasteiger partial charge >= 0.3 is 6.09 Å². The smallest absolute Gasteiger partial charge is 0.416 e. The minimum absolute atomic E-state index is 0.244. The van der Waals surface area contributed by atoms with Crippen LogP contribution < -0.4 is 10.2 Å². The number of carbonyl (C=O) groups excluding carboxylic acids is 1. The maximum Gasteiger partial charge on any atom is 0.416 e. The van der Waals surface area contributed by atoms with Gasteiger partial charge in [0.05, 0.1) is 18.2 Å². The zero-order valence-electron chi connectivity index (χ0n) is 14.9. The van der Waals surface area contributed by atoms with Crippen LogP contribution >= 0.6 is 0 Å². The van der Waals surface area contributed by atoms with Crippen molar-refractivity contribution < 1.29 is 19.0 Å². The Morgan fingerprint density at radius 1 is 1.42 bits per heavy atom. The molecule has 0 spiro atoms. The predicted octanol–water partition coefficient (Wildman–Crippen LogP) is 3.02. The van der Waals surface area contributed by atoms with Crippen molar-refractivity contribution in [1.82, 2.24) is 9.97 Å². The van der Waals surface area contributed by atoms with E-state index >= 15 is 0 Å². The highest BCUT2D eigenvalue weighted by molar-refractivity contribution is 5.90. The molecule has 1 aromatic heterocycles. The molecule has 2 aromatic rings. The number of hydrogen-bond acceptors (Lipinski definition) is 6. The summed E-state index contributed by atoms with van der Waals surface area (Å²) in [6.45, 7) is 5.56. The van der Waals surface area contributed by atoms with Gasteiger partial charge in [-0.2, -0.15) is 4.98 Å². The Morgan fingerprint density at radius 2 is 2.19 bits per heavy atom. The van der Waals surface area contributed by atoms with E-state index in [2.05, 4.69) is 15.3 Å². The van der Waals surface area contributed by atoms with Crippen LogP contribution in [0.5, 0.6) is 0 Å². The van der Waals surface area contributed by atoms with E-state index in [-0.39, 0.29) is 24.8 Å². The molecule has 26 heavy (non-hydrogen) atoms. The van der Waals surface area contributed by atoms with Gasteiger partial charge in [0, 0.05) is 11.8 Å². The number of nitrogens with zero attached hydrogens (tertiary/aromatic N) is 3. The molecule has 0 radical (unpaired) electrons.